The molecule has 8 heteroatoms. The largest absolute Gasteiger partial charge is 0.347 e. The van der Waals surface area contributed by atoms with Crippen LogP contribution < -0.4 is 11.1 Å². The number of thiophene rings is 1. The van der Waals surface area contributed by atoms with Crippen molar-refractivity contribution in [2.75, 3.05) is 6.54 Å². The first kappa shape index (κ1) is 19.3. The lowest BCUT2D eigenvalue weighted by Crippen LogP contribution is -2.41. The van der Waals surface area contributed by atoms with Crippen LogP contribution in [0, 0.1) is 17.1 Å². The van der Waals surface area contributed by atoms with Gasteiger partial charge >= 0.3 is 0 Å². The minimum Gasteiger partial charge on any atom is -0.347 e. The van der Waals surface area contributed by atoms with Gasteiger partial charge < -0.3 is 11.1 Å². The number of aromatic nitrogens is 2. The summed E-state index contributed by atoms with van der Waals surface area (Å²) in [5.41, 5.74) is 8.82. The molecule has 0 unspecified atom stereocenters. The zero-order chi connectivity index (χ0) is 20.4. The molecular formula is C21H20FN5OS. The summed E-state index contributed by atoms with van der Waals surface area (Å²) in [4.78, 5) is 14.5. The molecule has 0 radical (unpaired) electrons. The van der Waals surface area contributed by atoms with Crippen molar-refractivity contribution in [3.63, 3.8) is 0 Å². The van der Waals surface area contributed by atoms with Gasteiger partial charge in [-0.15, -0.1) is 11.3 Å². The van der Waals surface area contributed by atoms with Crippen molar-refractivity contribution in [2.24, 2.45) is 5.73 Å². The third-order valence-corrected chi connectivity index (χ3v) is 6.21. The number of amides is 1. The van der Waals surface area contributed by atoms with Gasteiger partial charge in [-0.25, -0.2) is 4.39 Å². The number of nitrogens with two attached hydrogens (primary N) is 1. The van der Waals surface area contributed by atoms with Crippen LogP contribution in [-0.4, -0.2) is 28.3 Å². The zero-order valence-electron chi connectivity index (χ0n) is 15.7. The van der Waals surface area contributed by atoms with Crippen molar-refractivity contribution in [3.8, 4) is 17.3 Å². The van der Waals surface area contributed by atoms with Crippen LogP contribution in [-0.2, 0) is 19.4 Å². The molecule has 1 amide bonds. The molecule has 0 saturated heterocycles. The summed E-state index contributed by atoms with van der Waals surface area (Å²) in [6, 6.07) is 10.0. The Morgan fingerprint density at radius 2 is 2.31 bits per heavy atom. The first-order valence-electron chi connectivity index (χ1n) is 9.43. The van der Waals surface area contributed by atoms with Crippen LogP contribution in [0.3, 0.4) is 0 Å². The molecule has 0 aliphatic carbocycles. The van der Waals surface area contributed by atoms with E-state index in [2.05, 4.69) is 16.5 Å². The Labute approximate surface area is 171 Å². The van der Waals surface area contributed by atoms with Gasteiger partial charge in [0.1, 0.15) is 11.9 Å². The van der Waals surface area contributed by atoms with Gasteiger partial charge in [0.05, 0.1) is 22.3 Å². The Kier molecular flexibility index (Phi) is 5.43. The second kappa shape index (κ2) is 8.15. The van der Waals surface area contributed by atoms with E-state index in [0.717, 1.165) is 41.1 Å². The third-order valence-electron chi connectivity index (χ3n) is 5.01. The molecule has 1 atom stereocenters. The zero-order valence-corrected chi connectivity index (χ0v) is 16.5. The summed E-state index contributed by atoms with van der Waals surface area (Å²) < 4.78 is 15.3. The number of benzene rings is 1. The van der Waals surface area contributed by atoms with E-state index < -0.39 is 0 Å². The van der Waals surface area contributed by atoms with Gasteiger partial charge in [-0.05, 0) is 43.0 Å². The van der Waals surface area contributed by atoms with Gasteiger partial charge in [0.2, 0.25) is 0 Å². The van der Waals surface area contributed by atoms with Gasteiger partial charge in [-0.1, -0.05) is 12.1 Å². The number of nitriles is 1. The van der Waals surface area contributed by atoms with E-state index in [9.17, 15) is 14.4 Å². The Bertz CT molecular complexity index is 1100. The standard InChI is InChI=1S/C21H20FN5OS/c22-15-4-1-3-13(7-15)8-16(11-24)26-21(28)19-9-17-18(29-19)5-2-6-27-20(17)14(10-23)12-25-27/h1,3-4,7,9,12,16H,2,5-6,8,11,24H2,(H,26,28)/t16-/m0/s1. The van der Waals surface area contributed by atoms with Crippen LogP contribution in [0.25, 0.3) is 11.3 Å². The van der Waals surface area contributed by atoms with Crippen molar-refractivity contribution in [3.05, 3.63) is 63.2 Å². The molecule has 6 nitrogen and oxygen atoms in total. The SMILES string of the molecule is N#Cc1cnn2c1-c1cc(C(=O)N[C@H](CN)Cc3cccc(F)c3)sc1CCC2. The van der Waals surface area contributed by atoms with E-state index >= 15 is 0 Å². The number of carbonyl (C=O) groups excluding carboxylic acids is 1. The molecule has 29 heavy (non-hydrogen) atoms. The van der Waals surface area contributed by atoms with Crippen molar-refractivity contribution >= 4 is 17.2 Å². The Balaban J connectivity index is 1.56. The van der Waals surface area contributed by atoms with Crippen LogP contribution in [0.5, 0.6) is 0 Å². The highest BCUT2D eigenvalue weighted by Gasteiger charge is 2.24. The summed E-state index contributed by atoms with van der Waals surface area (Å²) in [5, 5.41) is 16.7. The molecule has 1 aliphatic heterocycles. The first-order valence-corrected chi connectivity index (χ1v) is 10.2. The number of fused-ring (bicyclic) bond motifs is 3. The summed E-state index contributed by atoms with van der Waals surface area (Å²) in [7, 11) is 0. The molecule has 3 aromatic rings. The fourth-order valence-electron chi connectivity index (χ4n) is 3.64. The molecule has 3 heterocycles. The van der Waals surface area contributed by atoms with Crippen molar-refractivity contribution in [2.45, 2.75) is 31.8 Å². The van der Waals surface area contributed by atoms with Crippen LogP contribution in [0.2, 0.25) is 0 Å². The number of hydrogen-bond donors (Lipinski definition) is 2. The number of halogens is 1. The Morgan fingerprint density at radius 1 is 1.45 bits per heavy atom. The van der Waals surface area contributed by atoms with Gasteiger partial charge in [-0.3, -0.25) is 9.48 Å². The van der Waals surface area contributed by atoms with Crippen LogP contribution >= 0.6 is 11.3 Å². The van der Waals surface area contributed by atoms with E-state index in [-0.39, 0.29) is 24.3 Å². The summed E-state index contributed by atoms with van der Waals surface area (Å²) >= 11 is 1.44. The minimum atomic E-state index is -0.309. The van der Waals surface area contributed by atoms with E-state index in [1.165, 1.54) is 23.5 Å². The molecule has 0 spiro atoms. The van der Waals surface area contributed by atoms with Gasteiger partial charge in [0.25, 0.3) is 5.91 Å². The normalized spacial score (nSPS) is 13.7. The number of carbonyl (C=O) groups is 1. The molecule has 148 valence electrons. The van der Waals surface area contributed by atoms with Crippen LogP contribution in [0.15, 0.2) is 36.5 Å². The van der Waals surface area contributed by atoms with Crippen LogP contribution in [0.1, 0.15) is 32.1 Å². The third kappa shape index (κ3) is 3.92. The molecule has 3 N–H and O–H groups in total. The second-order valence-electron chi connectivity index (χ2n) is 7.03. The lowest BCUT2D eigenvalue weighted by atomic mass is 10.1. The number of nitrogens with one attached hydrogen (secondary N) is 1. The summed E-state index contributed by atoms with van der Waals surface area (Å²) in [5.74, 6) is -0.518. The highest BCUT2D eigenvalue weighted by Crippen LogP contribution is 2.36. The molecule has 2 aromatic heterocycles. The van der Waals surface area contributed by atoms with Gasteiger partial charge in [0, 0.05) is 29.6 Å². The maximum Gasteiger partial charge on any atom is 0.261 e. The van der Waals surface area contributed by atoms with Crippen molar-refractivity contribution in [1.82, 2.24) is 15.1 Å². The quantitative estimate of drug-likeness (QED) is 0.677. The minimum absolute atomic E-state index is 0.209. The highest BCUT2D eigenvalue weighted by molar-refractivity contribution is 7.14. The predicted octanol–water partition coefficient (Wildman–Crippen LogP) is 2.87. The van der Waals surface area contributed by atoms with Gasteiger partial charge in [0.15, 0.2) is 0 Å². The summed E-state index contributed by atoms with van der Waals surface area (Å²) in [6.45, 7) is 1.00. The average Bonchev–Trinajstić information content (AvgIpc) is 3.27. The molecule has 1 aliphatic rings. The van der Waals surface area contributed by atoms with E-state index in [1.54, 1.807) is 12.3 Å². The molecular weight excluding hydrogens is 389 g/mol. The van der Waals surface area contributed by atoms with E-state index in [1.807, 2.05) is 16.8 Å². The molecule has 0 bridgehead atoms. The molecule has 4 rings (SSSR count). The number of rotatable bonds is 5. The van der Waals surface area contributed by atoms with Crippen molar-refractivity contribution < 1.29 is 9.18 Å². The number of aryl methyl sites for hydroxylation is 2. The highest BCUT2D eigenvalue weighted by atomic mass is 32.1. The summed E-state index contributed by atoms with van der Waals surface area (Å²) in [6.07, 6.45) is 3.77. The maximum absolute atomic E-state index is 13.4. The number of hydrogen-bond acceptors (Lipinski definition) is 5. The molecule has 0 saturated carbocycles. The van der Waals surface area contributed by atoms with E-state index in [0.29, 0.717) is 16.9 Å². The fraction of sp³-hybridized carbons (Fsp3) is 0.286. The first-order chi connectivity index (χ1) is 14.1. The Hall–Kier alpha value is -3.02. The lowest BCUT2D eigenvalue weighted by Gasteiger charge is -2.16. The second-order valence-corrected chi connectivity index (χ2v) is 8.17. The fourth-order valence-corrected chi connectivity index (χ4v) is 4.74. The van der Waals surface area contributed by atoms with Crippen LogP contribution in [0.4, 0.5) is 4.39 Å². The molecule has 0 fully saturated rings. The average molecular weight is 409 g/mol. The van der Waals surface area contributed by atoms with Gasteiger partial charge in [-0.2, -0.15) is 10.4 Å². The smallest absolute Gasteiger partial charge is 0.261 e. The Morgan fingerprint density at radius 3 is 3.07 bits per heavy atom. The maximum atomic E-state index is 13.4. The topological polar surface area (TPSA) is 96.7 Å². The monoisotopic (exact) mass is 409 g/mol. The predicted molar refractivity (Wildman–Crippen MR) is 109 cm³/mol. The lowest BCUT2D eigenvalue weighted by molar-refractivity contribution is 0.0942. The number of nitrogens with zero attached hydrogens (tertiary/aromatic N) is 3. The van der Waals surface area contributed by atoms with E-state index in [4.69, 9.17) is 5.73 Å². The van der Waals surface area contributed by atoms with Crippen molar-refractivity contribution in [1.29, 1.82) is 5.26 Å². The molecule has 1 aromatic carbocycles.